The molecule has 0 radical (unpaired) electrons. The Labute approximate surface area is 127 Å². The van der Waals surface area contributed by atoms with Crippen molar-refractivity contribution < 1.29 is 9.53 Å². The van der Waals surface area contributed by atoms with Gasteiger partial charge in [-0.15, -0.1) is 0 Å². The van der Waals surface area contributed by atoms with Gasteiger partial charge in [0.25, 0.3) is 5.91 Å². The number of amides is 1. The molecular formula is C17H26N2O2. The van der Waals surface area contributed by atoms with Crippen LogP contribution in [-0.2, 0) is 4.74 Å². The van der Waals surface area contributed by atoms with Crippen molar-refractivity contribution in [2.24, 2.45) is 5.92 Å². The second-order valence-corrected chi connectivity index (χ2v) is 5.86. The van der Waals surface area contributed by atoms with Crippen LogP contribution in [0.3, 0.4) is 0 Å². The number of anilines is 1. The Bertz CT molecular complexity index is 474. The van der Waals surface area contributed by atoms with Gasteiger partial charge in [0.1, 0.15) is 0 Å². The molecule has 0 bridgehead atoms. The molecule has 1 atom stereocenters. The quantitative estimate of drug-likeness (QED) is 0.836. The number of carbonyl (C=O) groups is 1. The second-order valence-electron chi connectivity index (χ2n) is 5.86. The third kappa shape index (κ3) is 4.21. The van der Waals surface area contributed by atoms with E-state index >= 15 is 0 Å². The molecule has 4 nitrogen and oxygen atoms in total. The molecular weight excluding hydrogens is 264 g/mol. The summed E-state index contributed by atoms with van der Waals surface area (Å²) in [6, 6.07) is 7.84. The van der Waals surface area contributed by atoms with Gasteiger partial charge < -0.3 is 14.5 Å². The third-order valence-corrected chi connectivity index (χ3v) is 3.97. The van der Waals surface area contributed by atoms with Crippen molar-refractivity contribution in [3.8, 4) is 0 Å². The molecule has 116 valence electrons. The molecule has 0 aliphatic carbocycles. The second kappa shape index (κ2) is 7.46. The van der Waals surface area contributed by atoms with E-state index in [0.717, 1.165) is 50.4 Å². The van der Waals surface area contributed by atoms with Gasteiger partial charge in [-0.05, 0) is 43.9 Å². The van der Waals surface area contributed by atoms with E-state index in [1.807, 2.05) is 55.1 Å². The number of likely N-dealkylation sites (tertiary alicyclic amines) is 1. The summed E-state index contributed by atoms with van der Waals surface area (Å²) in [7, 11) is 3.98. The van der Waals surface area contributed by atoms with Gasteiger partial charge >= 0.3 is 0 Å². The topological polar surface area (TPSA) is 32.8 Å². The predicted molar refractivity (Wildman–Crippen MR) is 85.9 cm³/mol. The minimum absolute atomic E-state index is 0.139. The molecule has 1 aromatic rings. The molecule has 1 aromatic carbocycles. The minimum Gasteiger partial charge on any atom is -0.381 e. The van der Waals surface area contributed by atoms with Crippen LogP contribution < -0.4 is 4.90 Å². The van der Waals surface area contributed by atoms with Crippen LogP contribution in [0.25, 0.3) is 0 Å². The smallest absolute Gasteiger partial charge is 0.253 e. The van der Waals surface area contributed by atoms with Crippen molar-refractivity contribution in [1.82, 2.24) is 4.90 Å². The Kier molecular flexibility index (Phi) is 5.62. The predicted octanol–water partition coefficient (Wildman–Crippen LogP) is 2.64. The SMILES string of the molecule is CCOCC1CCCN(C(=O)c2cccc(N(C)C)c2)C1. The summed E-state index contributed by atoms with van der Waals surface area (Å²) in [4.78, 5) is 16.7. The average Bonchev–Trinajstić information content (AvgIpc) is 2.52. The van der Waals surface area contributed by atoms with Crippen LogP contribution >= 0.6 is 0 Å². The summed E-state index contributed by atoms with van der Waals surface area (Å²) in [5.41, 5.74) is 1.84. The molecule has 1 unspecified atom stereocenters. The molecule has 1 saturated heterocycles. The molecule has 0 aromatic heterocycles. The van der Waals surface area contributed by atoms with E-state index in [2.05, 4.69) is 0 Å². The van der Waals surface area contributed by atoms with Gasteiger partial charge in [0.15, 0.2) is 0 Å². The highest BCUT2D eigenvalue weighted by molar-refractivity contribution is 5.95. The van der Waals surface area contributed by atoms with Crippen molar-refractivity contribution in [1.29, 1.82) is 0 Å². The number of hydrogen-bond acceptors (Lipinski definition) is 3. The number of nitrogens with zero attached hydrogens (tertiary/aromatic N) is 2. The molecule has 1 fully saturated rings. The molecule has 4 heteroatoms. The maximum Gasteiger partial charge on any atom is 0.253 e. The zero-order valence-corrected chi connectivity index (χ0v) is 13.3. The Morgan fingerprint density at radius 2 is 2.24 bits per heavy atom. The molecule has 0 saturated carbocycles. The highest BCUT2D eigenvalue weighted by Gasteiger charge is 2.24. The van der Waals surface area contributed by atoms with E-state index in [0.29, 0.717) is 5.92 Å². The fourth-order valence-corrected chi connectivity index (χ4v) is 2.77. The Balaban J connectivity index is 2.03. The molecule has 1 aliphatic rings. The molecule has 0 N–H and O–H groups in total. The van der Waals surface area contributed by atoms with E-state index in [1.54, 1.807) is 0 Å². The van der Waals surface area contributed by atoms with E-state index in [4.69, 9.17) is 4.74 Å². The number of piperidine rings is 1. The lowest BCUT2D eigenvalue weighted by molar-refractivity contribution is 0.0501. The maximum atomic E-state index is 12.7. The van der Waals surface area contributed by atoms with Crippen LogP contribution in [0.1, 0.15) is 30.1 Å². The fourth-order valence-electron chi connectivity index (χ4n) is 2.77. The number of hydrogen-bond donors (Lipinski definition) is 0. The standard InChI is InChI=1S/C17H26N2O2/c1-4-21-13-14-7-6-10-19(12-14)17(20)15-8-5-9-16(11-15)18(2)3/h5,8-9,11,14H,4,6-7,10,12-13H2,1-3H3. The van der Waals surface area contributed by atoms with Crippen molar-refractivity contribution in [2.75, 3.05) is 45.3 Å². The summed E-state index contributed by atoms with van der Waals surface area (Å²) in [6.45, 7) is 5.19. The first-order valence-electron chi connectivity index (χ1n) is 7.76. The molecule has 21 heavy (non-hydrogen) atoms. The molecule has 2 rings (SSSR count). The van der Waals surface area contributed by atoms with Crippen molar-refractivity contribution in [2.45, 2.75) is 19.8 Å². The Hall–Kier alpha value is -1.55. The molecule has 1 amide bonds. The number of carbonyl (C=O) groups excluding carboxylic acids is 1. The molecule has 0 spiro atoms. The van der Waals surface area contributed by atoms with Gasteiger partial charge in [-0.3, -0.25) is 4.79 Å². The van der Waals surface area contributed by atoms with E-state index < -0.39 is 0 Å². The normalized spacial score (nSPS) is 18.6. The van der Waals surface area contributed by atoms with Crippen LogP contribution in [0.15, 0.2) is 24.3 Å². The average molecular weight is 290 g/mol. The van der Waals surface area contributed by atoms with Gasteiger partial charge in [-0.1, -0.05) is 6.07 Å². The Morgan fingerprint density at radius 1 is 1.43 bits per heavy atom. The first-order chi connectivity index (χ1) is 10.1. The van der Waals surface area contributed by atoms with Crippen LogP contribution in [-0.4, -0.2) is 51.2 Å². The lowest BCUT2D eigenvalue weighted by Crippen LogP contribution is -2.41. The number of rotatable bonds is 5. The molecule has 1 aliphatic heterocycles. The summed E-state index contributed by atoms with van der Waals surface area (Å²) in [5, 5.41) is 0. The van der Waals surface area contributed by atoms with Gasteiger partial charge in [0.2, 0.25) is 0 Å². The number of ether oxygens (including phenoxy) is 1. The van der Waals surface area contributed by atoms with E-state index in [1.165, 1.54) is 0 Å². The summed E-state index contributed by atoms with van der Waals surface area (Å²) >= 11 is 0. The van der Waals surface area contributed by atoms with Crippen molar-refractivity contribution in [3.63, 3.8) is 0 Å². The van der Waals surface area contributed by atoms with Crippen LogP contribution in [0.2, 0.25) is 0 Å². The lowest BCUT2D eigenvalue weighted by Gasteiger charge is -2.32. The largest absolute Gasteiger partial charge is 0.381 e. The van der Waals surface area contributed by atoms with Crippen LogP contribution in [0.5, 0.6) is 0 Å². The number of benzene rings is 1. The fraction of sp³-hybridized carbons (Fsp3) is 0.588. The summed E-state index contributed by atoms with van der Waals surface area (Å²) in [6.07, 6.45) is 2.22. The van der Waals surface area contributed by atoms with Gasteiger partial charge in [-0.2, -0.15) is 0 Å². The van der Waals surface area contributed by atoms with E-state index in [9.17, 15) is 4.79 Å². The third-order valence-electron chi connectivity index (χ3n) is 3.97. The molecule has 1 heterocycles. The first kappa shape index (κ1) is 15.8. The lowest BCUT2D eigenvalue weighted by atomic mass is 9.98. The van der Waals surface area contributed by atoms with E-state index in [-0.39, 0.29) is 5.91 Å². The first-order valence-corrected chi connectivity index (χ1v) is 7.76. The van der Waals surface area contributed by atoms with Crippen LogP contribution in [0.4, 0.5) is 5.69 Å². The van der Waals surface area contributed by atoms with Crippen LogP contribution in [0, 0.1) is 5.92 Å². The highest BCUT2D eigenvalue weighted by atomic mass is 16.5. The zero-order valence-electron chi connectivity index (χ0n) is 13.3. The van der Waals surface area contributed by atoms with Gasteiger partial charge in [0.05, 0.1) is 6.61 Å². The highest BCUT2D eigenvalue weighted by Crippen LogP contribution is 2.21. The summed E-state index contributed by atoms with van der Waals surface area (Å²) in [5.74, 6) is 0.611. The monoisotopic (exact) mass is 290 g/mol. The Morgan fingerprint density at radius 3 is 2.95 bits per heavy atom. The van der Waals surface area contributed by atoms with Gasteiger partial charge in [-0.25, -0.2) is 0 Å². The van der Waals surface area contributed by atoms with Gasteiger partial charge in [0, 0.05) is 45.0 Å². The maximum absolute atomic E-state index is 12.7. The zero-order chi connectivity index (χ0) is 15.2. The van der Waals surface area contributed by atoms with Crippen molar-refractivity contribution >= 4 is 11.6 Å². The minimum atomic E-state index is 0.139. The summed E-state index contributed by atoms with van der Waals surface area (Å²) < 4.78 is 5.51. The van der Waals surface area contributed by atoms with Crippen molar-refractivity contribution in [3.05, 3.63) is 29.8 Å².